The predicted octanol–water partition coefficient (Wildman–Crippen LogP) is 1.71. The second kappa shape index (κ2) is 10.3. The number of ether oxygens (including phenoxy) is 1. The number of aliphatic imine (C=N–C) groups is 1. The van der Waals surface area contributed by atoms with Gasteiger partial charge in [0.15, 0.2) is 5.96 Å². The number of piperazine rings is 1. The molecule has 1 unspecified atom stereocenters. The van der Waals surface area contributed by atoms with Crippen LogP contribution in [0.5, 0.6) is 0 Å². The normalized spacial score (nSPS) is 17.0. The molecule has 0 radical (unpaired) electrons. The third kappa shape index (κ3) is 6.34. The van der Waals surface area contributed by atoms with Crippen molar-refractivity contribution in [3.63, 3.8) is 0 Å². The molecule has 0 spiro atoms. The zero-order valence-electron chi connectivity index (χ0n) is 17.2. The third-order valence-electron chi connectivity index (χ3n) is 4.52. The van der Waals surface area contributed by atoms with Crippen LogP contribution in [0.2, 0.25) is 0 Å². The lowest BCUT2D eigenvalue weighted by atomic mass is 9.89. The van der Waals surface area contributed by atoms with Gasteiger partial charge in [0.25, 0.3) is 0 Å². The quantitative estimate of drug-likeness (QED) is 0.385. The molecule has 1 aromatic rings. The molecule has 8 nitrogen and oxygen atoms in total. The summed E-state index contributed by atoms with van der Waals surface area (Å²) in [6, 6.07) is 0. The van der Waals surface area contributed by atoms with Gasteiger partial charge in [0.2, 0.25) is 5.91 Å². The first-order valence-corrected chi connectivity index (χ1v) is 9.11. The van der Waals surface area contributed by atoms with Crippen LogP contribution in [0.1, 0.15) is 27.7 Å². The van der Waals surface area contributed by atoms with Gasteiger partial charge in [-0.25, -0.2) is 0 Å². The van der Waals surface area contributed by atoms with Crippen molar-refractivity contribution < 1.29 is 9.53 Å². The number of halogens is 1. The highest BCUT2D eigenvalue weighted by molar-refractivity contribution is 14.0. The lowest BCUT2D eigenvalue weighted by molar-refractivity contribution is -0.120. The van der Waals surface area contributed by atoms with Gasteiger partial charge < -0.3 is 19.9 Å². The summed E-state index contributed by atoms with van der Waals surface area (Å²) in [4.78, 5) is 21.1. The average molecular weight is 492 g/mol. The van der Waals surface area contributed by atoms with E-state index in [-0.39, 0.29) is 41.4 Å². The maximum absolute atomic E-state index is 12.6. The number of guanidine groups is 1. The minimum atomic E-state index is 0. The van der Waals surface area contributed by atoms with E-state index in [1.165, 1.54) is 0 Å². The van der Waals surface area contributed by atoms with E-state index < -0.39 is 0 Å². The molecule has 1 N–H and O–H groups in total. The van der Waals surface area contributed by atoms with Crippen molar-refractivity contribution in [1.29, 1.82) is 0 Å². The second-order valence-corrected chi connectivity index (χ2v) is 7.62. The highest BCUT2D eigenvalue weighted by Crippen LogP contribution is 2.22. The number of aryl methyl sites for hydroxylation is 1. The summed E-state index contributed by atoms with van der Waals surface area (Å²) in [6.45, 7) is 11.4. The maximum Gasteiger partial charge on any atom is 0.246 e. The molecule has 1 atom stereocenters. The summed E-state index contributed by atoms with van der Waals surface area (Å²) < 4.78 is 7.30. The van der Waals surface area contributed by atoms with Gasteiger partial charge in [-0.3, -0.25) is 14.5 Å². The van der Waals surface area contributed by atoms with E-state index in [0.717, 1.165) is 24.7 Å². The first-order valence-electron chi connectivity index (χ1n) is 9.11. The highest BCUT2D eigenvalue weighted by Gasteiger charge is 2.29. The number of methoxy groups -OCH3 is 1. The summed E-state index contributed by atoms with van der Waals surface area (Å²) in [5, 5.41) is 7.45. The minimum Gasteiger partial charge on any atom is -0.379 e. The lowest BCUT2D eigenvalue weighted by Gasteiger charge is -2.36. The minimum absolute atomic E-state index is 0. The number of anilines is 1. The molecule has 154 valence electrons. The zero-order valence-corrected chi connectivity index (χ0v) is 19.6. The number of carbonyl (C=O) groups is 1. The largest absolute Gasteiger partial charge is 0.379 e. The van der Waals surface area contributed by atoms with Crippen LogP contribution < -0.4 is 10.2 Å². The Morgan fingerprint density at radius 1 is 1.41 bits per heavy atom. The van der Waals surface area contributed by atoms with Gasteiger partial charge in [-0.15, -0.1) is 24.0 Å². The fourth-order valence-electron chi connectivity index (χ4n) is 2.97. The summed E-state index contributed by atoms with van der Waals surface area (Å²) >= 11 is 0. The van der Waals surface area contributed by atoms with Crippen LogP contribution in [-0.4, -0.2) is 72.5 Å². The average Bonchev–Trinajstić information content (AvgIpc) is 2.99. The molecular weight excluding hydrogens is 459 g/mol. The van der Waals surface area contributed by atoms with E-state index in [9.17, 15) is 4.79 Å². The fourth-order valence-corrected chi connectivity index (χ4v) is 2.97. The number of nitrogens with one attached hydrogen (secondary N) is 1. The molecule has 9 heteroatoms. The Hall–Kier alpha value is -1.36. The van der Waals surface area contributed by atoms with Crippen LogP contribution in [0.3, 0.4) is 0 Å². The van der Waals surface area contributed by atoms with E-state index >= 15 is 0 Å². The van der Waals surface area contributed by atoms with Crippen molar-refractivity contribution in [3.05, 3.63) is 12.4 Å². The summed E-state index contributed by atoms with van der Waals surface area (Å²) in [5.74, 6) is 0.812. The number of aromatic nitrogens is 2. The Balaban J connectivity index is 0.00000364. The van der Waals surface area contributed by atoms with E-state index in [2.05, 4.69) is 31.2 Å². The molecule has 1 saturated heterocycles. The molecule has 0 aromatic carbocycles. The second-order valence-electron chi connectivity index (χ2n) is 7.62. The van der Waals surface area contributed by atoms with Gasteiger partial charge in [-0.05, 0) is 12.3 Å². The van der Waals surface area contributed by atoms with E-state index in [1.807, 2.05) is 25.1 Å². The van der Waals surface area contributed by atoms with Crippen molar-refractivity contribution in [1.82, 2.24) is 20.0 Å². The monoisotopic (exact) mass is 492 g/mol. The molecule has 27 heavy (non-hydrogen) atoms. The number of carbonyl (C=O) groups excluding carboxylic acids is 1. The van der Waals surface area contributed by atoms with Gasteiger partial charge in [0.1, 0.15) is 6.54 Å². The number of amides is 1. The van der Waals surface area contributed by atoms with Crippen molar-refractivity contribution >= 4 is 41.5 Å². The van der Waals surface area contributed by atoms with Crippen molar-refractivity contribution in [2.24, 2.45) is 17.5 Å². The Labute approximate surface area is 179 Å². The number of nitrogens with zero attached hydrogens (tertiary/aromatic N) is 5. The molecule has 1 fully saturated rings. The predicted molar refractivity (Wildman–Crippen MR) is 119 cm³/mol. The standard InChI is InChI=1S/C18H32N6O2.HI/c1-7-19-17(20-11-15(26-6)18(2,3)4)23-8-9-24(16(25)13-23)14-10-21-22(5)12-14;/h10,12,15H,7-9,11,13H2,1-6H3,(H,19,20);1H. The molecule has 2 heterocycles. The van der Waals surface area contributed by atoms with Gasteiger partial charge in [0, 0.05) is 40.0 Å². The highest BCUT2D eigenvalue weighted by atomic mass is 127. The van der Waals surface area contributed by atoms with Gasteiger partial charge in [0.05, 0.1) is 24.5 Å². The van der Waals surface area contributed by atoms with Crippen LogP contribution in [0, 0.1) is 5.41 Å². The van der Waals surface area contributed by atoms with Crippen LogP contribution in [-0.2, 0) is 16.6 Å². The Kier molecular flexibility index (Phi) is 9.00. The van der Waals surface area contributed by atoms with Crippen molar-refractivity contribution in [2.75, 3.05) is 44.7 Å². The van der Waals surface area contributed by atoms with E-state index in [1.54, 1.807) is 22.9 Å². The van der Waals surface area contributed by atoms with Crippen LogP contribution in [0.25, 0.3) is 0 Å². The zero-order chi connectivity index (χ0) is 19.3. The van der Waals surface area contributed by atoms with E-state index in [0.29, 0.717) is 19.6 Å². The number of hydrogen-bond donors (Lipinski definition) is 1. The lowest BCUT2D eigenvalue weighted by Crippen LogP contribution is -2.55. The molecule has 1 aromatic heterocycles. The summed E-state index contributed by atoms with van der Waals surface area (Å²) in [6.07, 6.45) is 3.60. The van der Waals surface area contributed by atoms with E-state index in [4.69, 9.17) is 9.73 Å². The van der Waals surface area contributed by atoms with Crippen LogP contribution >= 0.6 is 24.0 Å². The third-order valence-corrected chi connectivity index (χ3v) is 4.52. The molecular formula is C18H33IN6O2. The Bertz CT molecular complexity index is 640. The first kappa shape index (κ1) is 23.7. The Morgan fingerprint density at radius 2 is 2.11 bits per heavy atom. The Morgan fingerprint density at radius 3 is 2.59 bits per heavy atom. The van der Waals surface area contributed by atoms with Crippen LogP contribution in [0.4, 0.5) is 5.69 Å². The van der Waals surface area contributed by atoms with Crippen LogP contribution in [0.15, 0.2) is 17.4 Å². The molecule has 0 saturated carbocycles. The van der Waals surface area contributed by atoms with Gasteiger partial charge in [-0.1, -0.05) is 20.8 Å². The topological polar surface area (TPSA) is 75.0 Å². The van der Waals surface area contributed by atoms with Crippen molar-refractivity contribution in [2.45, 2.75) is 33.8 Å². The molecule has 1 amide bonds. The maximum atomic E-state index is 12.6. The molecule has 0 aliphatic carbocycles. The van der Waals surface area contributed by atoms with Gasteiger partial charge in [-0.2, -0.15) is 5.10 Å². The number of hydrogen-bond acceptors (Lipinski definition) is 4. The summed E-state index contributed by atoms with van der Waals surface area (Å²) in [7, 11) is 3.57. The summed E-state index contributed by atoms with van der Waals surface area (Å²) in [5.41, 5.74) is 0.844. The molecule has 0 bridgehead atoms. The van der Waals surface area contributed by atoms with Gasteiger partial charge >= 0.3 is 0 Å². The molecule has 1 aliphatic rings. The molecule has 2 rings (SSSR count). The SMILES string of the molecule is CCNC(=NCC(OC)C(C)(C)C)N1CCN(c2cnn(C)c2)C(=O)C1.I. The molecule has 1 aliphatic heterocycles. The fraction of sp³-hybridized carbons (Fsp3) is 0.722. The van der Waals surface area contributed by atoms with Crippen molar-refractivity contribution in [3.8, 4) is 0 Å². The smallest absolute Gasteiger partial charge is 0.246 e. The number of rotatable bonds is 5. The first-order chi connectivity index (χ1) is 12.3.